The summed E-state index contributed by atoms with van der Waals surface area (Å²) in [5, 5.41) is 0. The lowest BCUT2D eigenvalue weighted by molar-refractivity contribution is -0.695. The molecule has 0 atom stereocenters. The predicted octanol–water partition coefficient (Wildman–Crippen LogP) is 9.04. The van der Waals surface area contributed by atoms with Crippen molar-refractivity contribution in [1.82, 2.24) is 4.57 Å². The molecule has 0 saturated carbocycles. The fourth-order valence-electron chi connectivity index (χ4n) is 4.92. The van der Waals surface area contributed by atoms with Crippen molar-refractivity contribution in [3.8, 4) is 0 Å². The summed E-state index contributed by atoms with van der Waals surface area (Å²) in [7, 11) is 0. The number of nitrogens with zero attached hydrogens (tertiary/aromatic N) is 2. The quantitative estimate of drug-likeness (QED) is 0.132. The zero-order valence-corrected chi connectivity index (χ0v) is 22.1. The highest BCUT2D eigenvalue weighted by Crippen LogP contribution is 2.13. The van der Waals surface area contributed by atoms with Crippen LogP contribution < -0.4 is 4.57 Å². The molecule has 0 aliphatic rings. The van der Waals surface area contributed by atoms with E-state index >= 15 is 0 Å². The van der Waals surface area contributed by atoms with Gasteiger partial charge in [0.1, 0.15) is 18.9 Å². The summed E-state index contributed by atoms with van der Waals surface area (Å²) in [6.07, 6.45) is 29.6. The molecule has 2 nitrogen and oxygen atoms in total. The van der Waals surface area contributed by atoms with Crippen LogP contribution in [0, 0.1) is 0 Å². The second kappa shape index (κ2) is 18.8. The number of benzene rings is 1. The lowest BCUT2D eigenvalue weighted by Gasteiger charge is -2.07. The van der Waals surface area contributed by atoms with Gasteiger partial charge in [0.2, 0.25) is 0 Å². The second-order valence-corrected chi connectivity index (χ2v) is 10.1. The normalized spacial score (nSPS) is 11.3. The molecule has 0 amide bonds. The highest BCUT2D eigenvalue weighted by molar-refractivity contribution is 5.13. The van der Waals surface area contributed by atoms with E-state index in [4.69, 9.17) is 0 Å². The molecule has 33 heavy (non-hydrogen) atoms. The first-order chi connectivity index (χ1) is 16.3. The van der Waals surface area contributed by atoms with Crippen molar-refractivity contribution < 1.29 is 4.57 Å². The Morgan fingerprint density at radius 1 is 0.606 bits per heavy atom. The number of hydrogen-bond acceptors (Lipinski definition) is 0. The van der Waals surface area contributed by atoms with E-state index in [1.807, 2.05) is 0 Å². The smallest absolute Gasteiger partial charge is 0.234 e. The number of hydrogen-bond donors (Lipinski definition) is 0. The maximum absolute atomic E-state index is 2.56. The lowest BCUT2D eigenvalue weighted by Crippen LogP contribution is -2.37. The van der Waals surface area contributed by atoms with Crippen LogP contribution >= 0.6 is 0 Å². The molecule has 0 bridgehead atoms. The Labute approximate surface area is 205 Å². The van der Waals surface area contributed by atoms with Crippen molar-refractivity contribution >= 4 is 0 Å². The van der Waals surface area contributed by atoms with Gasteiger partial charge >= 0.3 is 0 Å². The number of unbranched alkanes of at least 4 members (excludes halogenated alkanes) is 15. The molecule has 0 aliphatic carbocycles. The number of rotatable bonds is 21. The number of aryl methyl sites for hydroxylation is 1. The maximum Gasteiger partial charge on any atom is 0.256 e. The maximum atomic E-state index is 2.56. The van der Waals surface area contributed by atoms with Gasteiger partial charge in [-0.15, -0.1) is 0 Å². The van der Waals surface area contributed by atoms with E-state index in [1.165, 1.54) is 134 Å². The van der Waals surface area contributed by atoms with E-state index in [1.54, 1.807) is 0 Å². The van der Waals surface area contributed by atoms with E-state index < -0.39 is 0 Å². The molecule has 1 heterocycles. The van der Waals surface area contributed by atoms with Gasteiger partial charge in [0.25, 0.3) is 5.82 Å². The van der Waals surface area contributed by atoms with Crippen LogP contribution in [0.5, 0.6) is 0 Å². The minimum Gasteiger partial charge on any atom is -0.234 e. The minimum atomic E-state index is 0.998. The van der Waals surface area contributed by atoms with Crippen molar-refractivity contribution in [2.75, 3.05) is 0 Å². The molecule has 2 aromatic rings. The second-order valence-electron chi connectivity index (χ2n) is 10.1. The predicted molar refractivity (Wildman–Crippen MR) is 144 cm³/mol. The molecule has 1 aromatic heterocycles. The van der Waals surface area contributed by atoms with Crippen molar-refractivity contribution in [1.29, 1.82) is 0 Å². The van der Waals surface area contributed by atoms with Gasteiger partial charge in [0, 0.05) is 6.42 Å². The van der Waals surface area contributed by atoms with Crippen molar-refractivity contribution in [2.24, 2.45) is 0 Å². The first-order valence-electron chi connectivity index (χ1n) is 14.5. The molecule has 0 radical (unpaired) electrons. The van der Waals surface area contributed by atoms with Gasteiger partial charge in [-0.3, -0.25) is 0 Å². The topological polar surface area (TPSA) is 8.81 Å². The zero-order chi connectivity index (χ0) is 23.4. The van der Waals surface area contributed by atoms with Gasteiger partial charge in [-0.1, -0.05) is 134 Å². The van der Waals surface area contributed by atoms with E-state index in [2.05, 4.69) is 65.7 Å². The number of aromatic nitrogens is 2. The molecule has 0 spiro atoms. The standard InChI is InChI=1S/C31H53N2/c1-3-5-7-9-11-12-13-15-17-22-26-32-27-28-33(29-30-23-19-18-20-24-30)31(32)25-21-16-14-10-8-6-4-2/h18-20,23-24,27-28H,3-17,21-22,25-26,29H2,1-2H3/q+1. The summed E-state index contributed by atoms with van der Waals surface area (Å²) in [6.45, 7) is 6.78. The van der Waals surface area contributed by atoms with Crippen LogP contribution in [0.3, 0.4) is 0 Å². The van der Waals surface area contributed by atoms with Crippen molar-refractivity contribution in [2.45, 2.75) is 143 Å². The highest BCUT2D eigenvalue weighted by Gasteiger charge is 2.17. The monoisotopic (exact) mass is 453 g/mol. The van der Waals surface area contributed by atoms with Crippen LogP contribution in [0.2, 0.25) is 0 Å². The summed E-state index contributed by atoms with van der Waals surface area (Å²) in [6, 6.07) is 10.9. The summed E-state index contributed by atoms with van der Waals surface area (Å²) < 4.78 is 5.06. The van der Waals surface area contributed by atoms with Gasteiger partial charge < -0.3 is 0 Å². The molecule has 0 saturated heterocycles. The van der Waals surface area contributed by atoms with E-state index in [-0.39, 0.29) is 0 Å². The van der Waals surface area contributed by atoms with Crippen molar-refractivity contribution in [3.63, 3.8) is 0 Å². The molecule has 0 unspecified atom stereocenters. The summed E-state index contributed by atoms with van der Waals surface area (Å²) in [5.74, 6) is 1.53. The SMILES string of the molecule is CCCCCCCCCCCCn1cc[n+](Cc2ccccc2)c1CCCCCCCCC. The minimum absolute atomic E-state index is 0.998. The zero-order valence-electron chi connectivity index (χ0n) is 22.1. The molecular weight excluding hydrogens is 400 g/mol. The van der Waals surface area contributed by atoms with Crippen LogP contribution in [0.4, 0.5) is 0 Å². The van der Waals surface area contributed by atoms with Crippen LogP contribution in [0.1, 0.15) is 134 Å². The van der Waals surface area contributed by atoms with Crippen LogP contribution in [-0.4, -0.2) is 4.57 Å². The molecule has 186 valence electrons. The fraction of sp³-hybridized carbons (Fsp3) is 0.710. The third kappa shape index (κ3) is 12.5. The van der Waals surface area contributed by atoms with Gasteiger partial charge in [-0.25, -0.2) is 9.13 Å². The molecular formula is C31H53N2+. The molecule has 1 aromatic carbocycles. The molecule has 2 rings (SSSR count). The van der Waals surface area contributed by atoms with E-state index in [0.29, 0.717) is 0 Å². The summed E-state index contributed by atoms with van der Waals surface area (Å²) in [5.41, 5.74) is 1.40. The molecule has 2 heteroatoms. The first kappa shape index (κ1) is 27.7. The fourth-order valence-corrected chi connectivity index (χ4v) is 4.92. The van der Waals surface area contributed by atoms with E-state index in [9.17, 15) is 0 Å². The van der Waals surface area contributed by atoms with Gasteiger partial charge in [-0.2, -0.15) is 0 Å². The van der Waals surface area contributed by atoms with E-state index in [0.717, 1.165) is 6.54 Å². The Kier molecular flexibility index (Phi) is 15.8. The largest absolute Gasteiger partial charge is 0.256 e. The van der Waals surface area contributed by atoms with Crippen molar-refractivity contribution in [3.05, 3.63) is 54.1 Å². The Morgan fingerprint density at radius 3 is 1.70 bits per heavy atom. The third-order valence-corrected chi connectivity index (χ3v) is 7.04. The van der Waals surface area contributed by atoms with Gasteiger partial charge in [0.05, 0.1) is 6.54 Å². The Morgan fingerprint density at radius 2 is 1.12 bits per heavy atom. The summed E-state index contributed by atoms with van der Waals surface area (Å²) in [4.78, 5) is 0. The average Bonchev–Trinajstić information content (AvgIpc) is 3.21. The van der Waals surface area contributed by atoms with Crippen LogP contribution in [0.25, 0.3) is 0 Å². The molecule has 0 aliphatic heterocycles. The van der Waals surface area contributed by atoms with Gasteiger partial charge in [-0.05, 0) is 24.8 Å². The Bertz CT molecular complexity index is 688. The lowest BCUT2D eigenvalue weighted by atomic mass is 10.1. The molecule has 0 fully saturated rings. The summed E-state index contributed by atoms with van der Waals surface area (Å²) >= 11 is 0. The highest BCUT2D eigenvalue weighted by atomic mass is 15.1. The Balaban J connectivity index is 1.75. The van der Waals surface area contributed by atoms with Gasteiger partial charge in [0.15, 0.2) is 0 Å². The van der Waals surface area contributed by atoms with Crippen LogP contribution in [0.15, 0.2) is 42.7 Å². The molecule has 0 N–H and O–H groups in total. The Hall–Kier alpha value is -1.57. The average molecular weight is 454 g/mol. The third-order valence-electron chi connectivity index (χ3n) is 7.04. The number of imidazole rings is 1. The van der Waals surface area contributed by atoms with Crippen LogP contribution in [-0.2, 0) is 19.5 Å². The first-order valence-corrected chi connectivity index (χ1v) is 14.5.